The predicted molar refractivity (Wildman–Crippen MR) is 110 cm³/mol. The average molecular weight is 438 g/mol. The Morgan fingerprint density at radius 2 is 1.83 bits per heavy atom. The normalized spacial score (nSPS) is 21.3. The summed E-state index contributed by atoms with van der Waals surface area (Å²) in [5.41, 5.74) is 1.09. The number of piperazine rings is 1. The summed E-state index contributed by atoms with van der Waals surface area (Å²) in [6.45, 7) is 3.40. The SMILES string of the molecule is O=C([C@H]1CCCN(S(=O)(=O)c2cnc[nH]2)C1)N1CCN(c2ccc(Cl)cc2)CC1. The number of imidazole rings is 1. The van der Waals surface area contributed by atoms with E-state index in [2.05, 4.69) is 14.9 Å². The molecule has 0 unspecified atom stereocenters. The van der Waals surface area contributed by atoms with Crippen molar-refractivity contribution in [1.82, 2.24) is 19.2 Å². The molecule has 2 saturated heterocycles. The number of halogens is 1. The molecule has 0 spiro atoms. The second kappa shape index (κ2) is 8.33. The van der Waals surface area contributed by atoms with Crippen molar-refractivity contribution in [1.29, 1.82) is 0 Å². The Morgan fingerprint density at radius 1 is 1.10 bits per heavy atom. The summed E-state index contributed by atoms with van der Waals surface area (Å²) in [5.74, 6) is -0.256. The first-order chi connectivity index (χ1) is 13.9. The third-order valence-corrected chi connectivity index (χ3v) is 7.65. The summed E-state index contributed by atoms with van der Waals surface area (Å²) in [7, 11) is -3.64. The first-order valence-corrected chi connectivity index (χ1v) is 11.5. The monoisotopic (exact) mass is 437 g/mol. The molecular weight excluding hydrogens is 414 g/mol. The Labute approximate surface area is 175 Å². The molecule has 10 heteroatoms. The molecule has 1 aromatic heterocycles. The van der Waals surface area contributed by atoms with Crippen LogP contribution in [0.1, 0.15) is 12.8 Å². The lowest BCUT2D eigenvalue weighted by atomic mass is 9.97. The number of hydrogen-bond acceptors (Lipinski definition) is 5. The van der Waals surface area contributed by atoms with E-state index in [1.807, 2.05) is 29.2 Å². The highest BCUT2D eigenvalue weighted by Gasteiger charge is 2.36. The Hall–Kier alpha value is -2.10. The molecule has 0 aliphatic carbocycles. The van der Waals surface area contributed by atoms with Gasteiger partial charge in [0.2, 0.25) is 5.91 Å². The largest absolute Gasteiger partial charge is 0.368 e. The highest BCUT2D eigenvalue weighted by molar-refractivity contribution is 7.89. The summed E-state index contributed by atoms with van der Waals surface area (Å²) in [6.07, 6.45) is 4.04. The number of anilines is 1. The summed E-state index contributed by atoms with van der Waals surface area (Å²) in [6, 6.07) is 7.70. The number of amides is 1. The Bertz CT molecular complexity index is 941. The molecular formula is C19H24ClN5O3S. The van der Waals surface area contributed by atoms with Crippen LogP contribution in [-0.4, -0.2) is 72.8 Å². The number of hydrogen-bond donors (Lipinski definition) is 1. The summed E-state index contributed by atoms with van der Waals surface area (Å²) < 4.78 is 26.9. The van der Waals surface area contributed by atoms with Gasteiger partial charge in [-0.15, -0.1) is 0 Å². The van der Waals surface area contributed by atoms with Crippen LogP contribution in [0.15, 0.2) is 41.8 Å². The van der Waals surface area contributed by atoms with Crippen LogP contribution in [0.25, 0.3) is 0 Å². The standard InChI is InChI=1S/C19H24ClN5O3S/c20-16-3-5-17(6-4-16)23-8-10-24(11-9-23)19(26)15-2-1-7-25(13-15)29(27,28)18-12-21-14-22-18/h3-6,12,14-15H,1-2,7-11,13H2,(H,21,22)/t15-/m0/s1. The van der Waals surface area contributed by atoms with E-state index in [9.17, 15) is 13.2 Å². The molecule has 8 nitrogen and oxygen atoms in total. The minimum Gasteiger partial charge on any atom is -0.368 e. The third kappa shape index (κ3) is 4.26. The summed E-state index contributed by atoms with van der Waals surface area (Å²) in [5, 5.41) is 0.775. The molecule has 156 valence electrons. The van der Waals surface area contributed by atoms with E-state index >= 15 is 0 Å². The number of carbonyl (C=O) groups is 1. The van der Waals surface area contributed by atoms with E-state index < -0.39 is 10.0 Å². The van der Waals surface area contributed by atoms with Gasteiger partial charge in [0.15, 0.2) is 5.03 Å². The molecule has 0 saturated carbocycles. The van der Waals surface area contributed by atoms with Crippen LogP contribution in [0.4, 0.5) is 5.69 Å². The van der Waals surface area contributed by atoms with Crippen molar-refractivity contribution in [3.8, 4) is 0 Å². The quantitative estimate of drug-likeness (QED) is 0.787. The van der Waals surface area contributed by atoms with Crippen LogP contribution in [0.5, 0.6) is 0 Å². The number of sulfonamides is 1. The lowest BCUT2D eigenvalue weighted by Gasteiger charge is -2.39. The van der Waals surface area contributed by atoms with Crippen molar-refractivity contribution >= 4 is 33.2 Å². The Morgan fingerprint density at radius 3 is 2.48 bits per heavy atom. The predicted octanol–water partition coefficient (Wildman–Crippen LogP) is 1.81. The average Bonchev–Trinajstić information content (AvgIpc) is 3.30. The number of carbonyl (C=O) groups excluding carboxylic acids is 1. The van der Waals surface area contributed by atoms with Gasteiger partial charge in [-0.2, -0.15) is 4.31 Å². The number of nitrogens with zero attached hydrogens (tertiary/aromatic N) is 4. The van der Waals surface area contributed by atoms with Crippen LogP contribution in [-0.2, 0) is 14.8 Å². The topological polar surface area (TPSA) is 89.6 Å². The molecule has 1 amide bonds. The van der Waals surface area contributed by atoms with Gasteiger partial charge in [-0.25, -0.2) is 13.4 Å². The van der Waals surface area contributed by atoms with Crippen LogP contribution >= 0.6 is 11.6 Å². The minimum absolute atomic E-state index is 0.0465. The minimum atomic E-state index is -3.64. The van der Waals surface area contributed by atoms with Crippen molar-refractivity contribution < 1.29 is 13.2 Å². The van der Waals surface area contributed by atoms with Gasteiger partial charge in [0.1, 0.15) is 0 Å². The van der Waals surface area contributed by atoms with Crippen LogP contribution in [0, 0.1) is 5.92 Å². The Balaban J connectivity index is 1.37. The van der Waals surface area contributed by atoms with Crippen LogP contribution in [0.3, 0.4) is 0 Å². The van der Waals surface area contributed by atoms with Gasteiger partial charge in [-0.1, -0.05) is 11.6 Å². The van der Waals surface area contributed by atoms with Gasteiger partial charge in [-0.05, 0) is 37.1 Å². The smallest absolute Gasteiger partial charge is 0.260 e. The van der Waals surface area contributed by atoms with Gasteiger partial charge in [0, 0.05) is 50.0 Å². The fraction of sp³-hybridized carbons (Fsp3) is 0.474. The maximum Gasteiger partial charge on any atom is 0.260 e. The van der Waals surface area contributed by atoms with Crippen molar-refractivity contribution in [3.05, 3.63) is 41.8 Å². The number of benzene rings is 1. The molecule has 1 aromatic carbocycles. The molecule has 1 atom stereocenters. The first-order valence-electron chi connectivity index (χ1n) is 9.73. The van der Waals surface area contributed by atoms with E-state index in [0.29, 0.717) is 37.5 Å². The maximum atomic E-state index is 13.0. The van der Waals surface area contributed by atoms with E-state index in [0.717, 1.165) is 18.8 Å². The zero-order valence-corrected chi connectivity index (χ0v) is 17.6. The number of H-pyrrole nitrogens is 1. The molecule has 4 rings (SSSR count). The van der Waals surface area contributed by atoms with E-state index in [4.69, 9.17) is 11.6 Å². The lowest BCUT2D eigenvalue weighted by molar-refractivity contribution is -0.137. The number of aromatic amines is 1. The first kappa shape index (κ1) is 20.2. The molecule has 29 heavy (non-hydrogen) atoms. The molecule has 0 bridgehead atoms. The van der Waals surface area contributed by atoms with Gasteiger partial charge < -0.3 is 14.8 Å². The number of piperidine rings is 1. The zero-order valence-electron chi connectivity index (χ0n) is 16.0. The number of nitrogens with one attached hydrogen (secondary N) is 1. The zero-order chi connectivity index (χ0) is 20.4. The highest BCUT2D eigenvalue weighted by Crippen LogP contribution is 2.25. The van der Waals surface area contributed by atoms with Gasteiger partial charge >= 0.3 is 0 Å². The molecule has 3 heterocycles. The second-order valence-corrected chi connectivity index (χ2v) is 9.75. The summed E-state index contributed by atoms with van der Waals surface area (Å²) in [4.78, 5) is 23.6. The van der Waals surface area contributed by atoms with E-state index in [-0.39, 0.29) is 23.4 Å². The molecule has 2 aliphatic heterocycles. The van der Waals surface area contributed by atoms with Crippen molar-refractivity contribution in [2.75, 3.05) is 44.2 Å². The van der Waals surface area contributed by atoms with Crippen molar-refractivity contribution in [3.63, 3.8) is 0 Å². The molecule has 0 radical (unpaired) electrons. The molecule has 2 fully saturated rings. The van der Waals surface area contributed by atoms with Gasteiger partial charge in [0.25, 0.3) is 10.0 Å². The second-order valence-electron chi connectivity index (χ2n) is 7.41. The fourth-order valence-electron chi connectivity index (χ4n) is 3.98. The van der Waals surface area contributed by atoms with Gasteiger partial charge in [-0.3, -0.25) is 4.79 Å². The highest BCUT2D eigenvalue weighted by atomic mass is 35.5. The summed E-state index contributed by atoms with van der Waals surface area (Å²) >= 11 is 5.95. The molecule has 2 aromatic rings. The molecule has 1 N–H and O–H groups in total. The Kier molecular flexibility index (Phi) is 5.80. The number of rotatable bonds is 4. The van der Waals surface area contributed by atoms with Crippen molar-refractivity contribution in [2.24, 2.45) is 5.92 Å². The van der Waals surface area contributed by atoms with Crippen molar-refractivity contribution in [2.45, 2.75) is 17.9 Å². The maximum absolute atomic E-state index is 13.0. The number of aromatic nitrogens is 2. The van der Waals surface area contributed by atoms with Gasteiger partial charge in [0.05, 0.1) is 18.4 Å². The van der Waals surface area contributed by atoms with E-state index in [1.165, 1.54) is 16.8 Å². The lowest BCUT2D eigenvalue weighted by Crippen LogP contribution is -2.53. The fourth-order valence-corrected chi connectivity index (χ4v) is 5.53. The van der Waals surface area contributed by atoms with E-state index in [1.54, 1.807) is 0 Å². The van der Waals surface area contributed by atoms with Crippen LogP contribution in [0.2, 0.25) is 5.02 Å². The molecule has 2 aliphatic rings. The van der Waals surface area contributed by atoms with Crippen LogP contribution < -0.4 is 4.90 Å². The third-order valence-electron chi connectivity index (χ3n) is 5.61.